The second-order valence-corrected chi connectivity index (χ2v) is 7.36. The summed E-state index contributed by atoms with van der Waals surface area (Å²) in [5.41, 5.74) is 3.48. The second-order valence-electron chi connectivity index (χ2n) is 7.36. The van der Waals surface area contributed by atoms with E-state index in [1.165, 1.54) is 55.8 Å². The number of ether oxygens (including phenoxy) is 2. The van der Waals surface area contributed by atoms with Crippen LogP contribution in [0, 0.1) is 20.2 Å². The SMILES string of the molecule is COc1ccc([N+](=O)[O-])cc1/C=N/Nc1nc(Nc2ccc([N+](=O)[O-])cc2)nc(N2CCOCC2)n1. The van der Waals surface area contributed by atoms with Gasteiger partial charge in [-0.05, 0) is 18.2 Å². The van der Waals surface area contributed by atoms with Crippen LogP contribution in [0.4, 0.5) is 34.9 Å². The molecule has 0 atom stereocenters. The van der Waals surface area contributed by atoms with Gasteiger partial charge < -0.3 is 19.7 Å². The van der Waals surface area contributed by atoms with Crippen molar-refractivity contribution in [2.75, 3.05) is 49.1 Å². The van der Waals surface area contributed by atoms with E-state index in [1.54, 1.807) is 0 Å². The molecule has 0 amide bonds. The van der Waals surface area contributed by atoms with E-state index < -0.39 is 9.85 Å². The first kappa shape index (κ1) is 24.2. The van der Waals surface area contributed by atoms with Gasteiger partial charge in [0.05, 0.1) is 36.4 Å². The fourth-order valence-electron chi connectivity index (χ4n) is 3.27. The van der Waals surface area contributed by atoms with E-state index in [0.717, 1.165) is 0 Å². The van der Waals surface area contributed by atoms with Gasteiger partial charge in [0.1, 0.15) is 5.75 Å². The van der Waals surface area contributed by atoms with Crippen LogP contribution in [-0.4, -0.2) is 64.4 Å². The standard InChI is InChI=1S/C21H21N9O6/c1-35-18-7-6-17(30(33)34)12-14(18)13-22-27-20-24-19(23-15-2-4-16(5-3-15)29(31)32)25-21(26-20)28-8-10-36-11-9-28/h2-7,12-13H,8-11H2,1H3,(H2,23,24,25,26,27)/b22-13+. The third-order valence-electron chi connectivity index (χ3n) is 5.04. The molecule has 1 aliphatic heterocycles. The summed E-state index contributed by atoms with van der Waals surface area (Å²) in [4.78, 5) is 36.1. The quantitative estimate of drug-likeness (QED) is 0.252. The zero-order chi connectivity index (χ0) is 25.5. The molecule has 1 saturated heterocycles. The molecule has 0 spiro atoms. The smallest absolute Gasteiger partial charge is 0.270 e. The highest BCUT2D eigenvalue weighted by Crippen LogP contribution is 2.23. The number of hydrogen-bond donors (Lipinski definition) is 2. The minimum atomic E-state index is -0.513. The Kier molecular flexibility index (Phi) is 7.40. The van der Waals surface area contributed by atoms with Crippen molar-refractivity contribution >= 4 is 41.1 Å². The van der Waals surface area contributed by atoms with Gasteiger partial charge in [0.2, 0.25) is 17.8 Å². The van der Waals surface area contributed by atoms with Gasteiger partial charge in [0.15, 0.2) is 0 Å². The Hall–Kier alpha value is -4.92. The summed E-state index contributed by atoms with van der Waals surface area (Å²) in [5, 5.41) is 29.1. The van der Waals surface area contributed by atoms with E-state index >= 15 is 0 Å². The van der Waals surface area contributed by atoms with E-state index in [4.69, 9.17) is 9.47 Å². The van der Waals surface area contributed by atoms with E-state index in [9.17, 15) is 20.2 Å². The van der Waals surface area contributed by atoms with Crippen molar-refractivity contribution in [3.8, 4) is 5.75 Å². The monoisotopic (exact) mass is 495 g/mol. The normalized spacial score (nSPS) is 13.4. The molecule has 2 aromatic carbocycles. The maximum absolute atomic E-state index is 11.1. The first-order valence-corrected chi connectivity index (χ1v) is 10.6. The van der Waals surface area contributed by atoms with E-state index in [2.05, 4.69) is 30.8 Å². The number of nitro groups is 2. The molecule has 0 radical (unpaired) electrons. The summed E-state index contributed by atoms with van der Waals surface area (Å²) in [6.45, 7) is 2.19. The lowest BCUT2D eigenvalue weighted by atomic mass is 10.2. The molecule has 4 rings (SSSR count). The number of nitrogens with one attached hydrogen (secondary N) is 2. The lowest BCUT2D eigenvalue weighted by Crippen LogP contribution is -2.37. The molecule has 1 fully saturated rings. The summed E-state index contributed by atoms with van der Waals surface area (Å²) in [7, 11) is 1.45. The van der Waals surface area contributed by atoms with Crippen molar-refractivity contribution < 1.29 is 19.3 Å². The Morgan fingerprint density at radius 3 is 2.33 bits per heavy atom. The zero-order valence-electron chi connectivity index (χ0n) is 19.0. The third-order valence-corrected chi connectivity index (χ3v) is 5.04. The number of rotatable bonds is 9. The summed E-state index contributed by atoms with van der Waals surface area (Å²) < 4.78 is 10.6. The zero-order valence-corrected chi connectivity index (χ0v) is 19.0. The maximum atomic E-state index is 11.1. The first-order valence-electron chi connectivity index (χ1n) is 10.6. The minimum Gasteiger partial charge on any atom is -0.496 e. The Bertz CT molecular complexity index is 1280. The van der Waals surface area contributed by atoms with Crippen molar-refractivity contribution in [3.05, 3.63) is 68.3 Å². The van der Waals surface area contributed by atoms with Crippen LogP contribution in [-0.2, 0) is 4.74 Å². The Labute approximate surface area is 204 Å². The van der Waals surface area contributed by atoms with Crippen LogP contribution in [0.2, 0.25) is 0 Å². The third kappa shape index (κ3) is 5.95. The van der Waals surface area contributed by atoms with Crippen molar-refractivity contribution in [1.82, 2.24) is 15.0 Å². The fourth-order valence-corrected chi connectivity index (χ4v) is 3.27. The summed E-state index contributed by atoms with van der Waals surface area (Å²) in [5.74, 6) is 1.07. The molecule has 0 bridgehead atoms. The van der Waals surface area contributed by atoms with Gasteiger partial charge in [-0.25, -0.2) is 5.43 Å². The summed E-state index contributed by atoms with van der Waals surface area (Å²) >= 11 is 0. The topological polar surface area (TPSA) is 183 Å². The Morgan fingerprint density at radius 2 is 1.67 bits per heavy atom. The molecule has 0 unspecified atom stereocenters. The number of benzene rings is 2. The molecule has 3 aromatic rings. The highest BCUT2D eigenvalue weighted by molar-refractivity contribution is 5.85. The van der Waals surface area contributed by atoms with Crippen LogP contribution in [0.25, 0.3) is 0 Å². The number of nitrogens with zero attached hydrogens (tertiary/aromatic N) is 7. The van der Waals surface area contributed by atoms with E-state index in [1.807, 2.05) is 4.90 Å². The Balaban J connectivity index is 1.59. The van der Waals surface area contributed by atoms with Gasteiger partial charge in [-0.2, -0.15) is 20.1 Å². The number of non-ortho nitro benzene ring substituents is 2. The van der Waals surface area contributed by atoms with E-state index in [-0.39, 0.29) is 23.3 Å². The highest BCUT2D eigenvalue weighted by Gasteiger charge is 2.17. The van der Waals surface area contributed by atoms with Crippen LogP contribution in [0.3, 0.4) is 0 Å². The van der Waals surface area contributed by atoms with Crippen LogP contribution < -0.4 is 20.4 Å². The summed E-state index contributed by atoms with van der Waals surface area (Å²) in [6.07, 6.45) is 1.35. The van der Waals surface area contributed by atoms with Gasteiger partial charge in [-0.1, -0.05) is 0 Å². The average Bonchev–Trinajstić information content (AvgIpc) is 2.89. The number of nitro benzene ring substituents is 2. The predicted molar refractivity (Wildman–Crippen MR) is 130 cm³/mol. The maximum Gasteiger partial charge on any atom is 0.270 e. The molecule has 2 N–H and O–H groups in total. The molecule has 0 saturated carbocycles. The summed E-state index contributed by atoms with van der Waals surface area (Å²) in [6, 6.07) is 9.95. The number of hydrogen-bond acceptors (Lipinski definition) is 13. The lowest BCUT2D eigenvalue weighted by Gasteiger charge is -2.27. The first-order chi connectivity index (χ1) is 17.4. The van der Waals surface area contributed by atoms with Crippen LogP contribution in [0.5, 0.6) is 5.75 Å². The van der Waals surface area contributed by atoms with Crippen LogP contribution >= 0.6 is 0 Å². The molecule has 36 heavy (non-hydrogen) atoms. The number of methoxy groups -OCH3 is 1. The average molecular weight is 495 g/mol. The second kappa shape index (κ2) is 11.0. The predicted octanol–water partition coefficient (Wildman–Crippen LogP) is 2.72. The molecule has 15 heteroatoms. The minimum absolute atomic E-state index is 0.0431. The van der Waals surface area contributed by atoms with Gasteiger partial charge in [-0.15, -0.1) is 0 Å². The highest BCUT2D eigenvalue weighted by atomic mass is 16.6. The van der Waals surface area contributed by atoms with E-state index in [0.29, 0.717) is 49.3 Å². The number of morpholine rings is 1. The number of aromatic nitrogens is 3. The molecule has 186 valence electrons. The van der Waals surface area contributed by atoms with Crippen molar-refractivity contribution in [1.29, 1.82) is 0 Å². The van der Waals surface area contributed by atoms with Crippen molar-refractivity contribution in [2.24, 2.45) is 5.10 Å². The van der Waals surface area contributed by atoms with Gasteiger partial charge in [0, 0.05) is 48.6 Å². The lowest BCUT2D eigenvalue weighted by molar-refractivity contribution is -0.385. The van der Waals surface area contributed by atoms with Crippen LogP contribution in [0.15, 0.2) is 47.6 Å². The molecule has 1 aliphatic rings. The van der Waals surface area contributed by atoms with Gasteiger partial charge in [-0.3, -0.25) is 20.2 Å². The van der Waals surface area contributed by atoms with Crippen molar-refractivity contribution in [2.45, 2.75) is 0 Å². The number of anilines is 4. The van der Waals surface area contributed by atoms with Gasteiger partial charge >= 0.3 is 0 Å². The van der Waals surface area contributed by atoms with Gasteiger partial charge in [0.25, 0.3) is 11.4 Å². The molecule has 15 nitrogen and oxygen atoms in total. The van der Waals surface area contributed by atoms with Crippen molar-refractivity contribution in [3.63, 3.8) is 0 Å². The molecule has 2 heterocycles. The molecule has 0 aliphatic carbocycles. The molecular formula is C21H21N9O6. The fraction of sp³-hybridized carbons (Fsp3) is 0.238. The van der Waals surface area contributed by atoms with Crippen LogP contribution in [0.1, 0.15) is 5.56 Å². The largest absolute Gasteiger partial charge is 0.496 e. The molecular weight excluding hydrogens is 474 g/mol. The molecule has 1 aromatic heterocycles. The Morgan fingerprint density at radius 1 is 1.00 bits per heavy atom. The number of hydrazone groups is 1.